The molecule has 0 unspecified atom stereocenters. The standard InChI is InChI=1S/C61H42N2OS/c1-61(2)52-36-42(47-20-13-21-51-50-19-8-11-25-59(50)65-60(47)51)28-33-48(52)49-34-32-45(38-53(49)61)63-55-22-9-10-24-57(55)64-58-37-41(29-35-56(58)63)39-26-30-44(31-27-39)62(43-16-4-3-5-17-43)54-23-12-15-40-14-6-7-18-46(40)54/h3-38H,1-2H3. The Hall–Kier alpha value is -7.92. The molecular weight excluding hydrogens is 809 g/mol. The fraction of sp³-hybridized carbons (Fsp3) is 0.0492. The number of rotatable bonds is 6. The molecule has 3 nitrogen and oxygen atoms in total. The minimum absolute atomic E-state index is 0.209. The van der Waals surface area contributed by atoms with Gasteiger partial charge < -0.3 is 14.5 Å². The molecule has 308 valence electrons. The Kier molecular flexibility index (Phi) is 8.43. The Morgan fingerprint density at radius 1 is 0.446 bits per heavy atom. The summed E-state index contributed by atoms with van der Waals surface area (Å²) in [5.41, 5.74) is 16.4. The molecule has 1 aliphatic heterocycles. The van der Waals surface area contributed by atoms with Gasteiger partial charge in [-0.15, -0.1) is 11.3 Å². The molecule has 0 fully saturated rings. The van der Waals surface area contributed by atoms with E-state index in [1.54, 1.807) is 0 Å². The monoisotopic (exact) mass is 850 g/mol. The molecule has 1 aromatic heterocycles. The van der Waals surface area contributed by atoms with E-state index >= 15 is 0 Å². The number of hydrogen-bond acceptors (Lipinski definition) is 4. The quantitative estimate of drug-likeness (QED) is 0.166. The highest BCUT2D eigenvalue weighted by molar-refractivity contribution is 7.26. The van der Waals surface area contributed by atoms with Crippen LogP contribution in [0, 0.1) is 0 Å². The molecule has 0 amide bonds. The molecule has 4 heteroatoms. The van der Waals surface area contributed by atoms with Crippen molar-refractivity contribution in [3.8, 4) is 44.9 Å². The van der Waals surface area contributed by atoms with Crippen LogP contribution in [0.2, 0.25) is 0 Å². The molecular formula is C61H42N2OS. The molecule has 0 radical (unpaired) electrons. The first-order valence-electron chi connectivity index (χ1n) is 22.3. The van der Waals surface area contributed by atoms with Crippen molar-refractivity contribution < 1.29 is 4.74 Å². The predicted molar refractivity (Wildman–Crippen MR) is 275 cm³/mol. The summed E-state index contributed by atoms with van der Waals surface area (Å²) in [6.07, 6.45) is 0. The van der Waals surface area contributed by atoms with Gasteiger partial charge in [-0.25, -0.2) is 0 Å². The summed E-state index contributed by atoms with van der Waals surface area (Å²) in [7, 11) is 0. The van der Waals surface area contributed by atoms with Crippen LogP contribution in [0.25, 0.3) is 64.3 Å². The molecule has 13 rings (SSSR count). The van der Waals surface area contributed by atoms with Gasteiger partial charge in [-0.3, -0.25) is 0 Å². The molecule has 0 saturated carbocycles. The van der Waals surface area contributed by atoms with Crippen molar-refractivity contribution >= 4 is 76.4 Å². The van der Waals surface area contributed by atoms with Gasteiger partial charge in [-0.05, 0) is 129 Å². The maximum absolute atomic E-state index is 6.75. The molecule has 0 N–H and O–H groups in total. The maximum atomic E-state index is 6.75. The van der Waals surface area contributed by atoms with Gasteiger partial charge in [0.1, 0.15) is 0 Å². The van der Waals surface area contributed by atoms with E-state index in [4.69, 9.17) is 4.74 Å². The lowest BCUT2D eigenvalue weighted by molar-refractivity contribution is 0.477. The highest BCUT2D eigenvalue weighted by Gasteiger charge is 2.37. The first-order valence-corrected chi connectivity index (χ1v) is 23.1. The van der Waals surface area contributed by atoms with Gasteiger partial charge in [0.25, 0.3) is 0 Å². The number of nitrogens with zero attached hydrogens (tertiary/aromatic N) is 2. The van der Waals surface area contributed by atoms with Gasteiger partial charge >= 0.3 is 0 Å². The molecule has 0 atom stereocenters. The second-order valence-corrected chi connectivity index (χ2v) is 18.8. The van der Waals surface area contributed by atoms with E-state index < -0.39 is 0 Å². The Labute approximate surface area is 382 Å². The minimum Gasteiger partial charge on any atom is -0.453 e. The van der Waals surface area contributed by atoms with Crippen molar-refractivity contribution in [1.82, 2.24) is 0 Å². The van der Waals surface area contributed by atoms with Gasteiger partial charge in [0.05, 0.1) is 17.1 Å². The summed E-state index contributed by atoms with van der Waals surface area (Å²) >= 11 is 1.89. The van der Waals surface area contributed by atoms with Crippen molar-refractivity contribution in [2.45, 2.75) is 19.3 Å². The van der Waals surface area contributed by atoms with E-state index in [0.29, 0.717) is 0 Å². The van der Waals surface area contributed by atoms with Crippen molar-refractivity contribution in [2.75, 3.05) is 9.80 Å². The fourth-order valence-electron chi connectivity index (χ4n) is 10.4. The van der Waals surface area contributed by atoms with Gasteiger partial charge in [-0.2, -0.15) is 0 Å². The first kappa shape index (κ1) is 37.6. The van der Waals surface area contributed by atoms with Crippen LogP contribution in [0.3, 0.4) is 0 Å². The van der Waals surface area contributed by atoms with Crippen LogP contribution in [0.4, 0.5) is 34.1 Å². The summed E-state index contributed by atoms with van der Waals surface area (Å²) in [4.78, 5) is 4.72. The number of fused-ring (bicyclic) bond motifs is 9. The van der Waals surface area contributed by atoms with Crippen LogP contribution < -0.4 is 14.5 Å². The summed E-state index contributed by atoms with van der Waals surface area (Å²) in [6.45, 7) is 4.76. The minimum atomic E-state index is -0.209. The smallest absolute Gasteiger partial charge is 0.152 e. The molecule has 0 spiro atoms. The number of ether oxygens (including phenoxy) is 1. The zero-order valence-corrected chi connectivity index (χ0v) is 36.8. The van der Waals surface area contributed by atoms with E-state index in [0.717, 1.165) is 56.8 Å². The number of thiophene rings is 1. The zero-order valence-electron chi connectivity index (χ0n) is 36.0. The van der Waals surface area contributed by atoms with Gasteiger partial charge in [-0.1, -0.05) is 153 Å². The molecule has 10 aromatic carbocycles. The molecule has 1 aliphatic carbocycles. The Bertz CT molecular complexity index is 3680. The lowest BCUT2D eigenvalue weighted by atomic mass is 9.81. The highest BCUT2D eigenvalue weighted by atomic mass is 32.1. The molecule has 65 heavy (non-hydrogen) atoms. The van der Waals surface area contributed by atoms with E-state index in [1.165, 1.54) is 64.3 Å². The van der Waals surface area contributed by atoms with E-state index in [2.05, 4.69) is 242 Å². The average molecular weight is 851 g/mol. The Morgan fingerprint density at radius 3 is 1.97 bits per heavy atom. The van der Waals surface area contributed by atoms with Gasteiger partial charge in [0.15, 0.2) is 11.5 Å². The molecule has 2 heterocycles. The molecule has 0 bridgehead atoms. The molecule has 0 saturated heterocycles. The number of hydrogen-bond donors (Lipinski definition) is 0. The van der Waals surface area contributed by atoms with E-state index in [9.17, 15) is 0 Å². The summed E-state index contributed by atoms with van der Waals surface area (Å²) in [5.74, 6) is 1.67. The average Bonchev–Trinajstić information content (AvgIpc) is 3.85. The van der Waals surface area contributed by atoms with Crippen molar-refractivity contribution in [3.05, 3.63) is 230 Å². The lowest BCUT2D eigenvalue weighted by Gasteiger charge is -2.34. The topological polar surface area (TPSA) is 15.7 Å². The SMILES string of the molecule is CC1(C)c2cc(-c3cccc4c3sc3ccccc34)ccc2-c2ccc(N3c4ccccc4Oc4cc(-c5ccc(N(c6ccccc6)c6cccc7ccccc67)cc5)ccc43)cc21. The van der Waals surface area contributed by atoms with Crippen LogP contribution in [0.5, 0.6) is 11.5 Å². The second kappa shape index (κ2) is 14.6. The zero-order chi connectivity index (χ0) is 43.2. The van der Waals surface area contributed by atoms with Gasteiger partial charge in [0.2, 0.25) is 0 Å². The number of anilines is 6. The Morgan fingerprint density at radius 2 is 1.09 bits per heavy atom. The summed E-state index contributed by atoms with van der Waals surface area (Å²) in [5, 5.41) is 5.08. The van der Waals surface area contributed by atoms with Crippen LogP contribution in [-0.4, -0.2) is 0 Å². The van der Waals surface area contributed by atoms with E-state index in [1.807, 2.05) is 11.3 Å². The first-order chi connectivity index (χ1) is 32.0. The van der Waals surface area contributed by atoms with Crippen LogP contribution in [0.1, 0.15) is 25.0 Å². The summed E-state index contributed by atoms with van der Waals surface area (Å²) < 4.78 is 9.43. The van der Waals surface area contributed by atoms with Crippen LogP contribution in [-0.2, 0) is 5.41 Å². The van der Waals surface area contributed by atoms with Crippen LogP contribution in [0.15, 0.2) is 218 Å². The van der Waals surface area contributed by atoms with E-state index in [-0.39, 0.29) is 5.41 Å². The van der Waals surface area contributed by atoms with Crippen molar-refractivity contribution in [1.29, 1.82) is 0 Å². The predicted octanol–water partition coefficient (Wildman–Crippen LogP) is 17.9. The van der Waals surface area contributed by atoms with Crippen molar-refractivity contribution in [3.63, 3.8) is 0 Å². The maximum Gasteiger partial charge on any atom is 0.152 e. The number of para-hydroxylation sites is 3. The molecule has 2 aliphatic rings. The Balaban J connectivity index is 0.855. The third-order valence-corrected chi connectivity index (χ3v) is 14.9. The van der Waals surface area contributed by atoms with Gasteiger partial charge in [0, 0.05) is 48.0 Å². The molecule has 11 aromatic rings. The fourth-order valence-corrected chi connectivity index (χ4v) is 11.7. The second-order valence-electron chi connectivity index (χ2n) is 17.7. The third kappa shape index (κ3) is 5.95. The summed E-state index contributed by atoms with van der Waals surface area (Å²) in [6, 6.07) is 79.3. The van der Waals surface area contributed by atoms with Crippen molar-refractivity contribution in [2.24, 2.45) is 0 Å². The largest absolute Gasteiger partial charge is 0.453 e. The van der Waals surface area contributed by atoms with Crippen LogP contribution >= 0.6 is 11.3 Å². The lowest BCUT2D eigenvalue weighted by Crippen LogP contribution is -2.18. The normalized spacial score (nSPS) is 13.3. The number of benzene rings is 10. The third-order valence-electron chi connectivity index (χ3n) is 13.6. The highest BCUT2D eigenvalue weighted by Crippen LogP contribution is 2.55.